The highest BCUT2D eigenvalue weighted by atomic mass is 20.0. The Hall–Kier alpha value is -4.29. The summed E-state index contributed by atoms with van der Waals surface area (Å²) in [5.74, 6) is -0.644. The minimum Gasteiger partial charge on any atom is -0.487 e. The van der Waals surface area contributed by atoms with Gasteiger partial charge in [-0.1, -0.05) is 0 Å². The molecule has 52 heavy (non-hydrogen) atoms. The van der Waals surface area contributed by atoms with Gasteiger partial charge in [0.1, 0.15) is 17.9 Å². The van der Waals surface area contributed by atoms with E-state index < -0.39 is 17.2 Å². The third-order valence-electron chi connectivity index (χ3n) is 6.33. The molecule has 32 heteroatoms. The first kappa shape index (κ1) is 66.0. The molecular formula is C20H22F25N3O4. The average molecular weight is 843 g/mol. The lowest BCUT2D eigenvalue weighted by Gasteiger charge is -2.31. The first-order valence-electron chi connectivity index (χ1n) is 11.4. The summed E-state index contributed by atoms with van der Waals surface area (Å²) in [6.07, 6.45) is 3.68. The summed E-state index contributed by atoms with van der Waals surface area (Å²) in [6.45, 7) is 3.34. The Morgan fingerprint density at radius 3 is 1.52 bits per heavy atom. The van der Waals surface area contributed by atoms with Gasteiger partial charge in [0.2, 0.25) is 5.43 Å². The first-order chi connectivity index (χ1) is 25.4. The summed E-state index contributed by atoms with van der Waals surface area (Å²) < 4.78 is 215. The molecule has 0 spiro atoms. The number of benzene rings is 1. The molecule has 0 amide bonds. The predicted octanol–water partition coefficient (Wildman–Crippen LogP) is 12.1. The zero-order valence-electron chi connectivity index (χ0n) is 24.6. The van der Waals surface area contributed by atoms with Gasteiger partial charge in [-0.2, -0.15) is 0 Å². The van der Waals surface area contributed by atoms with E-state index in [-0.39, 0.29) is 29.6 Å². The van der Waals surface area contributed by atoms with E-state index in [4.69, 9.17) is 120 Å². The molecule has 1 aliphatic carbocycles. The summed E-state index contributed by atoms with van der Waals surface area (Å²) in [5.41, 5.74) is 6.04. The van der Waals surface area contributed by atoms with E-state index in [0.29, 0.717) is 41.9 Å². The molecule has 0 unspecified atom stereocenters. The lowest BCUT2D eigenvalue weighted by Crippen LogP contribution is -2.31. The van der Waals surface area contributed by atoms with Crippen LogP contribution in [0.2, 0.25) is 0 Å². The average Bonchev–Trinajstić information content (AvgIpc) is 4.03. The minimum atomic E-state index is -1.32. The van der Waals surface area contributed by atoms with Crippen LogP contribution in [0.3, 0.4) is 0 Å². The first-order valence-corrected chi connectivity index (χ1v) is 11.4. The van der Waals surface area contributed by atoms with Crippen molar-refractivity contribution >= 4 is 22.6 Å². The van der Waals surface area contributed by atoms with E-state index in [0.717, 1.165) is 6.07 Å². The topological polar surface area (TPSA) is 97.8 Å². The van der Waals surface area contributed by atoms with Crippen LogP contribution < -0.4 is 20.8 Å². The number of rotatable bonds is 3. The highest BCUT2D eigenvalue weighted by Gasteiger charge is 2.42. The van der Waals surface area contributed by atoms with Crippen molar-refractivity contribution < 1.29 is 129 Å². The third kappa shape index (κ3) is 19.9. The molecule has 2 fully saturated rings. The second kappa shape index (κ2) is 46.7. The maximum atomic E-state index is 15.2. The van der Waals surface area contributed by atoms with Gasteiger partial charge in [0.05, 0.1) is 16.9 Å². The second-order valence-corrected chi connectivity index (χ2v) is 8.25. The van der Waals surface area contributed by atoms with Gasteiger partial charge in [0.15, 0.2) is 11.6 Å². The summed E-state index contributed by atoms with van der Waals surface area (Å²) in [6, 6.07) is 0.956. The molecule has 7 nitrogen and oxygen atoms in total. The SMILES string of the molecule is C[C@H]1COc2c(N3C[C@@H](N)[C@@H](C4CC4)C3)c(F)cc3c(=O)c(C(=O)O)cn1c23.FF.FF.FF.FF.FF.FF.FF.FF.FF.FF.FF.FF. The number of hydrogen-bond acceptors (Lipinski definition) is 5. The molecule has 2 aliphatic heterocycles. The lowest BCUT2D eigenvalue weighted by atomic mass is 9.99. The van der Waals surface area contributed by atoms with Gasteiger partial charge < -0.3 is 25.0 Å². The van der Waals surface area contributed by atoms with Crippen molar-refractivity contribution in [2.24, 2.45) is 17.6 Å². The van der Waals surface area contributed by atoms with E-state index in [1.165, 1.54) is 19.0 Å². The Kier molecular flexibility index (Phi) is 59.3. The van der Waals surface area contributed by atoms with Crippen LogP contribution in [-0.4, -0.2) is 41.4 Å². The Morgan fingerprint density at radius 2 is 1.15 bits per heavy atom. The fourth-order valence-corrected chi connectivity index (χ4v) is 4.72. The van der Waals surface area contributed by atoms with Gasteiger partial charge in [0.25, 0.3) is 0 Å². The van der Waals surface area contributed by atoms with Gasteiger partial charge >= 0.3 is 5.97 Å². The number of carboxylic acids is 1. The van der Waals surface area contributed by atoms with Gasteiger partial charge in [0, 0.05) is 135 Å². The summed E-state index contributed by atoms with van der Waals surface area (Å²) in [7, 11) is 0. The van der Waals surface area contributed by atoms with Crippen molar-refractivity contribution in [3.63, 3.8) is 0 Å². The molecule has 0 bridgehead atoms. The Labute approximate surface area is 270 Å². The predicted molar refractivity (Wildman–Crippen MR) is 128 cm³/mol. The molecule has 2 aromatic rings. The number of ether oxygens (including phenoxy) is 1. The second-order valence-electron chi connectivity index (χ2n) is 8.25. The number of pyridine rings is 1. The molecule has 1 saturated heterocycles. The Balaban J connectivity index is -0.000000115. The molecule has 3 atom stereocenters. The van der Waals surface area contributed by atoms with Crippen LogP contribution in [0.25, 0.3) is 10.9 Å². The molecule has 1 saturated carbocycles. The number of nitrogens with two attached hydrogens (primary N) is 1. The molecule has 1 aromatic heterocycles. The van der Waals surface area contributed by atoms with Crippen LogP contribution in [0.1, 0.15) is 36.2 Å². The number of aromatic carboxylic acids is 1. The van der Waals surface area contributed by atoms with Gasteiger partial charge in [-0.3, -0.25) is 4.79 Å². The van der Waals surface area contributed by atoms with Crippen LogP contribution in [0.5, 0.6) is 5.75 Å². The molecule has 1 aromatic carbocycles. The molecule has 3 heterocycles. The van der Waals surface area contributed by atoms with Gasteiger partial charge in [-0.05, 0) is 37.7 Å². The molecule has 316 valence electrons. The Morgan fingerprint density at radius 1 is 0.750 bits per heavy atom. The maximum absolute atomic E-state index is 15.2. The van der Waals surface area contributed by atoms with E-state index in [1.54, 1.807) is 4.57 Å². The number of carboxylic acid groups (broad SMARTS) is 1. The quantitative estimate of drug-likeness (QED) is 0.299. The molecule has 0 radical (unpaired) electrons. The largest absolute Gasteiger partial charge is 0.487 e. The third-order valence-corrected chi connectivity index (χ3v) is 6.33. The zero-order chi connectivity index (χ0) is 43.7. The number of anilines is 1. The van der Waals surface area contributed by atoms with Crippen LogP contribution in [-0.2, 0) is 0 Å². The smallest absolute Gasteiger partial charge is 0.341 e. The van der Waals surface area contributed by atoms with E-state index in [1.807, 2.05) is 11.8 Å². The van der Waals surface area contributed by atoms with Crippen molar-refractivity contribution in [1.82, 2.24) is 4.57 Å². The zero-order valence-corrected chi connectivity index (χ0v) is 24.6. The van der Waals surface area contributed by atoms with Crippen molar-refractivity contribution in [2.45, 2.75) is 31.8 Å². The van der Waals surface area contributed by atoms with Crippen LogP contribution >= 0.6 is 0 Å². The van der Waals surface area contributed by atoms with Gasteiger partial charge in [-0.25, -0.2) is 9.18 Å². The number of nitrogens with zero attached hydrogens (tertiary/aromatic N) is 2. The number of hydrogen-bond donors (Lipinski definition) is 2. The van der Waals surface area contributed by atoms with Crippen molar-refractivity contribution in [1.29, 1.82) is 0 Å². The number of halogens is 25. The fourth-order valence-electron chi connectivity index (χ4n) is 4.72. The summed E-state index contributed by atoms with van der Waals surface area (Å²) >= 11 is 0. The fraction of sp³-hybridized carbons (Fsp3) is 0.500. The van der Waals surface area contributed by atoms with Crippen molar-refractivity contribution in [3.05, 3.63) is 33.9 Å². The molecule has 3 N–H and O–H groups in total. The van der Waals surface area contributed by atoms with E-state index in [2.05, 4.69) is 0 Å². The van der Waals surface area contributed by atoms with Gasteiger partial charge in [-0.15, -0.1) is 0 Å². The molecule has 3 aliphatic rings. The standard InChI is InChI=1S/C20H22FN3O4.12F2/c1-9-8-28-19-16-11(18(25)13(20(26)27)6-24(9)16)4-14(21)17(19)23-5-12(10-2-3-10)15(22)7-23;12*1-2/h4,6,9-10,12,15H,2-3,5,7-8,22H2,1H3,(H,26,27);;;;;;;;;;;;/t9-,12+,15+;;;;;;;;;;;;/m0............/s1. The maximum Gasteiger partial charge on any atom is 0.341 e. The van der Waals surface area contributed by atoms with Crippen molar-refractivity contribution in [2.75, 3.05) is 24.6 Å². The highest BCUT2D eigenvalue weighted by Crippen LogP contribution is 2.46. The number of aromatic nitrogens is 1. The summed E-state index contributed by atoms with van der Waals surface area (Å²) in [4.78, 5) is 26.1. The van der Waals surface area contributed by atoms with Crippen LogP contribution in [0.15, 0.2) is 17.1 Å². The highest BCUT2D eigenvalue weighted by molar-refractivity contribution is 5.97. The lowest BCUT2D eigenvalue weighted by molar-refractivity contribution is 0.0694. The van der Waals surface area contributed by atoms with Crippen LogP contribution in [0.4, 0.5) is 120 Å². The molecule has 5 rings (SSSR count). The van der Waals surface area contributed by atoms with Crippen molar-refractivity contribution in [3.8, 4) is 5.75 Å². The summed E-state index contributed by atoms with van der Waals surface area (Å²) in [5, 5.41) is 9.40. The minimum absolute atomic E-state index is 0.0195. The van der Waals surface area contributed by atoms with Crippen LogP contribution in [0, 0.1) is 17.7 Å². The monoisotopic (exact) mass is 843 g/mol. The van der Waals surface area contributed by atoms with E-state index >= 15 is 4.39 Å². The normalized spacial score (nSPS) is 15.7. The Bertz CT molecular complexity index is 1110. The molecular weight excluding hydrogens is 821 g/mol. The van der Waals surface area contributed by atoms with E-state index in [9.17, 15) is 14.7 Å². The number of carbonyl (C=O) groups is 1.